The summed E-state index contributed by atoms with van der Waals surface area (Å²) in [6.45, 7) is 3.25. The van der Waals surface area contributed by atoms with Crippen molar-refractivity contribution in [2.45, 2.75) is 89.0 Å². The summed E-state index contributed by atoms with van der Waals surface area (Å²) in [6, 6.07) is 22.1. The van der Waals surface area contributed by atoms with Crippen LogP contribution in [0, 0.1) is 12.7 Å². The predicted octanol–water partition coefficient (Wildman–Crippen LogP) is 0.600. The van der Waals surface area contributed by atoms with Crippen LogP contribution in [0.3, 0.4) is 0 Å². The number of unbranched alkanes of at least 4 members (excludes halogenated alkanes) is 2. The molecule has 2 aliphatic heterocycles. The third-order valence-electron chi connectivity index (χ3n) is 16.6. The second-order valence-electron chi connectivity index (χ2n) is 23.6. The number of hydrogen-bond donors (Lipinski definition) is 11. The number of nitrogens with one attached hydrogen (secondary N) is 7. The number of piperidine rings is 1. The zero-order valence-corrected chi connectivity index (χ0v) is 52.3. The van der Waals surface area contributed by atoms with Gasteiger partial charge in [-0.1, -0.05) is 67.1 Å². The maximum Gasteiger partial charge on any atom is 0.317 e. The van der Waals surface area contributed by atoms with E-state index in [4.69, 9.17) is 5.73 Å². The number of aromatic nitrogens is 2. The number of carbonyl (C=O) groups excluding carboxylic acids is 7. The highest BCUT2D eigenvalue weighted by Crippen LogP contribution is 2.26. The summed E-state index contributed by atoms with van der Waals surface area (Å²) in [5, 5.41) is 46.8. The van der Waals surface area contributed by atoms with Crippen LogP contribution in [0.15, 0.2) is 97.3 Å². The molecule has 2 atom stereocenters. The minimum atomic E-state index is -1.63. The van der Waals surface area contributed by atoms with Gasteiger partial charge in [0, 0.05) is 127 Å². The summed E-state index contributed by atoms with van der Waals surface area (Å²) in [4.78, 5) is 147. The summed E-state index contributed by atoms with van der Waals surface area (Å²) in [5.41, 5.74) is 8.11. The van der Waals surface area contributed by atoms with Gasteiger partial charge in [-0.05, 0) is 79.1 Å². The molecule has 7 amide bonds. The molecule has 2 aromatic heterocycles. The smallest absolute Gasteiger partial charge is 0.317 e. The first kappa shape index (κ1) is 71.2. The van der Waals surface area contributed by atoms with Crippen molar-refractivity contribution in [3.63, 3.8) is 0 Å². The summed E-state index contributed by atoms with van der Waals surface area (Å²) in [7, 11) is 0. The minimum Gasteiger partial charge on any atom is -0.480 e. The lowest BCUT2D eigenvalue weighted by atomic mass is 9.85. The first-order valence-electron chi connectivity index (χ1n) is 31.2. The van der Waals surface area contributed by atoms with Gasteiger partial charge in [-0.3, -0.25) is 72.5 Å². The molecule has 0 radical (unpaired) electrons. The van der Waals surface area contributed by atoms with Crippen LogP contribution in [0.25, 0.3) is 10.9 Å². The van der Waals surface area contributed by atoms with Gasteiger partial charge >= 0.3 is 17.9 Å². The first-order chi connectivity index (χ1) is 44.6. The maximum absolute atomic E-state index is 14.6. The molecule has 0 spiro atoms. The third kappa shape index (κ3) is 23.1. The lowest BCUT2D eigenvalue weighted by Crippen LogP contribution is -2.66. The number of rotatable bonds is 31. The number of hydrogen-bond acceptors (Lipinski definition) is 16. The van der Waals surface area contributed by atoms with E-state index in [0.29, 0.717) is 50.0 Å². The SMILES string of the molecule is Cc1ccc(CNCC(=O)N2CCC(NC(=O)c3ccnc(CNC(=O)[C@H](Cc4ccccc4)NC(=O)CCCCCNC(=O)CN4CCN(CC(=O)O)CCN(CC(=O)O)CCN(CC(=O)O)CC4)c3)(C(=O)N[C@@H](Cc3c[nH]c4ccccc34)C(N)=O)CC2)cc1F. The third-order valence-corrected chi connectivity index (χ3v) is 16.6. The van der Waals surface area contributed by atoms with Crippen molar-refractivity contribution < 1.29 is 67.7 Å². The maximum atomic E-state index is 14.6. The molecular formula is C65H85FN14O13. The highest BCUT2D eigenvalue weighted by molar-refractivity contribution is 6.01. The standard InChI is InChI=1S/C65H85FN14O13/c1-44-15-16-46(32-51(44)66)36-68-39-57(83)80-22-18-65(19-23-80,64(93)74-53(61(67)90)35-48-37-71-52-13-8-7-12-50(48)52)75-62(91)47-17-21-69-49(34-47)38-72-63(92)54(33-45-10-4-2-5-11-45)73-55(81)14-6-3-9-20-70-56(82)40-76-24-26-77(41-58(84)85)28-30-79(43-60(88)89)31-29-78(27-25-76)42-59(86)87/h2,4-5,7-8,10-13,15-17,21,32,34,37,53-54,68,71H,3,6,9,14,18-20,22-31,33,35-36,38-43H2,1H3,(H2,67,90)(H,70,82)(H,72,92)(H,73,81)(H,74,93)(H,75,91)(H,84,85)(H,86,87)(H,88,89)/t53-,54-/m0/s1. The van der Waals surface area contributed by atoms with Crippen molar-refractivity contribution in [1.29, 1.82) is 0 Å². The van der Waals surface area contributed by atoms with Crippen LogP contribution in [0.4, 0.5) is 4.39 Å². The number of H-pyrrole nitrogens is 1. The second kappa shape index (κ2) is 35.6. The fourth-order valence-corrected chi connectivity index (χ4v) is 11.2. The van der Waals surface area contributed by atoms with E-state index in [1.807, 2.05) is 59.5 Å². The van der Waals surface area contributed by atoms with E-state index < -0.39 is 59.2 Å². The number of carboxylic acids is 3. The fraction of sp³-hybridized carbons (Fsp3) is 0.462. The molecule has 12 N–H and O–H groups in total. The van der Waals surface area contributed by atoms with Crippen molar-refractivity contribution in [3.05, 3.63) is 137 Å². The Labute approximate surface area is 538 Å². The molecule has 4 heterocycles. The van der Waals surface area contributed by atoms with Gasteiger partial charge in [-0.15, -0.1) is 0 Å². The Bertz CT molecular complexity index is 3370. The van der Waals surface area contributed by atoms with Gasteiger partial charge < -0.3 is 62.8 Å². The Morgan fingerprint density at radius 2 is 1.26 bits per heavy atom. The van der Waals surface area contributed by atoms with Crippen molar-refractivity contribution in [2.24, 2.45) is 5.73 Å². The molecule has 3 aromatic carbocycles. The van der Waals surface area contributed by atoms with Crippen molar-refractivity contribution >= 4 is 70.2 Å². The van der Waals surface area contributed by atoms with Crippen molar-refractivity contribution in [3.8, 4) is 0 Å². The second-order valence-corrected chi connectivity index (χ2v) is 23.6. The average Bonchev–Trinajstić information content (AvgIpc) is 1.03. The van der Waals surface area contributed by atoms with Crippen LogP contribution < -0.4 is 37.6 Å². The van der Waals surface area contributed by atoms with Crippen molar-refractivity contribution in [1.82, 2.24) is 66.4 Å². The van der Waals surface area contributed by atoms with E-state index in [9.17, 15) is 67.7 Å². The van der Waals surface area contributed by atoms with E-state index >= 15 is 0 Å². The van der Waals surface area contributed by atoms with Gasteiger partial charge in [0.2, 0.25) is 35.4 Å². The molecule has 0 aliphatic carbocycles. The molecule has 500 valence electrons. The van der Waals surface area contributed by atoms with Crippen LogP contribution in [0.5, 0.6) is 0 Å². The lowest BCUT2D eigenvalue weighted by Gasteiger charge is -2.41. The Morgan fingerprint density at radius 3 is 1.87 bits per heavy atom. The summed E-state index contributed by atoms with van der Waals surface area (Å²) < 4.78 is 14.2. The Balaban J connectivity index is 0.923. The van der Waals surface area contributed by atoms with Gasteiger partial charge in [0.05, 0.1) is 45.0 Å². The van der Waals surface area contributed by atoms with E-state index in [1.165, 1.54) is 24.4 Å². The molecule has 2 saturated heterocycles. The number of benzene rings is 3. The number of aryl methyl sites for hydroxylation is 1. The summed E-state index contributed by atoms with van der Waals surface area (Å²) >= 11 is 0. The van der Waals surface area contributed by atoms with Crippen molar-refractivity contribution in [2.75, 3.05) is 105 Å². The number of primary amides is 1. The average molecular weight is 1290 g/mol. The number of aromatic amines is 1. The number of amides is 7. The van der Waals surface area contributed by atoms with Gasteiger partial charge in [0.15, 0.2) is 0 Å². The van der Waals surface area contributed by atoms with Gasteiger partial charge in [-0.2, -0.15) is 0 Å². The topological polar surface area (TPSA) is 374 Å². The summed E-state index contributed by atoms with van der Waals surface area (Å²) in [6.07, 6.45) is 4.81. The van der Waals surface area contributed by atoms with E-state index in [0.717, 1.165) is 22.0 Å². The molecule has 27 nitrogen and oxygen atoms in total. The number of carbonyl (C=O) groups is 10. The zero-order valence-electron chi connectivity index (χ0n) is 52.3. The highest BCUT2D eigenvalue weighted by atomic mass is 19.1. The van der Waals surface area contributed by atoms with Crippen LogP contribution in [-0.2, 0) is 69.1 Å². The van der Waals surface area contributed by atoms with Crippen LogP contribution in [-0.4, -0.2) is 231 Å². The number of likely N-dealkylation sites (tertiary alicyclic amines) is 1. The number of halogens is 1. The summed E-state index contributed by atoms with van der Waals surface area (Å²) in [5.74, 6) is -7.17. The van der Waals surface area contributed by atoms with E-state index in [2.05, 4.69) is 41.9 Å². The number of para-hydroxylation sites is 1. The number of nitrogens with zero attached hydrogens (tertiary/aromatic N) is 6. The van der Waals surface area contributed by atoms with E-state index in [-0.39, 0.29) is 165 Å². The zero-order chi connectivity index (χ0) is 66.9. The predicted molar refractivity (Wildman–Crippen MR) is 340 cm³/mol. The molecule has 5 aromatic rings. The lowest BCUT2D eigenvalue weighted by molar-refractivity contribution is -0.140. The fourth-order valence-electron chi connectivity index (χ4n) is 11.2. The molecule has 2 aliphatic rings. The Kier molecular flexibility index (Phi) is 27.2. The Hall–Kier alpha value is -9.22. The quantitative estimate of drug-likeness (QED) is 0.0271. The molecule has 93 heavy (non-hydrogen) atoms. The highest BCUT2D eigenvalue weighted by Gasteiger charge is 2.45. The molecular weight excluding hydrogens is 1200 g/mol. The minimum absolute atomic E-state index is 0.0410. The molecule has 0 saturated carbocycles. The van der Waals surface area contributed by atoms with E-state index in [1.54, 1.807) is 44.9 Å². The van der Waals surface area contributed by atoms with Crippen LogP contribution in [0.2, 0.25) is 0 Å². The molecule has 7 rings (SSSR count). The number of aliphatic carboxylic acids is 3. The largest absolute Gasteiger partial charge is 0.480 e. The molecule has 0 bridgehead atoms. The number of fused-ring (bicyclic) bond motifs is 1. The normalized spacial score (nSPS) is 16.0. The van der Waals surface area contributed by atoms with Crippen LogP contribution >= 0.6 is 0 Å². The first-order valence-corrected chi connectivity index (χ1v) is 31.2. The van der Waals surface area contributed by atoms with Gasteiger partial charge in [0.25, 0.3) is 5.91 Å². The monoisotopic (exact) mass is 1290 g/mol. The molecule has 2 fully saturated rings. The molecule has 0 unspecified atom stereocenters. The number of pyridine rings is 1. The number of carboxylic acid groups (broad SMARTS) is 3. The Morgan fingerprint density at radius 1 is 0.645 bits per heavy atom. The molecule has 28 heteroatoms. The number of nitrogens with two attached hydrogens (primary N) is 1. The van der Waals surface area contributed by atoms with Crippen LogP contribution in [0.1, 0.15) is 76.8 Å². The van der Waals surface area contributed by atoms with Gasteiger partial charge in [-0.25, -0.2) is 4.39 Å². The van der Waals surface area contributed by atoms with Gasteiger partial charge in [0.1, 0.15) is 23.4 Å².